The normalized spacial score (nSPS) is 11.1. The highest BCUT2D eigenvalue weighted by molar-refractivity contribution is 7.93. The molecule has 9 heteroatoms. The zero-order chi connectivity index (χ0) is 21.1. The van der Waals surface area contributed by atoms with Gasteiger partial charge in [0.15, 0.2) is 5.82 Å². The van der Waals surface area contributed by atoms with Crippen LogP contribution in [0.15, 0.2) is 78.3 Å². The SMILES string of the molecule is COc1ccc(C#N)cc1N(c1ccncn1)S(=O)(=O)c1ccc2cnccc2c1. The van der Waals surface area contributed by atoms with Gasteiger partial charge in [-0.3, -0.25) is 4.98 Å². The molecule has 4 aromatic rings. The van der Waals surface area contributed by atoms with Crippen molar-refractivity contribution in [2.24, 2.45) is 0 Å². The van der Waals surface area contributed by atoms with Crippen LogP contribution in [0.5, 0.6) is 5.75 Å². The number of benzene rings is 2. The van der Waals surface area contributed by atoms with Gasteiger partial charge in [0.1, 0.15) is 17.8 Å². The second kappa shape index (κ2) is 7.77. The van der Waals surface area contributed by atoms with Crippen LogP contribution in [-0.4, -0.2) is 30.5 Å². The van der Waals surface area contributed by atoms with Gasteiger partial charge in [0.2, 0.25) is 0 Å². The van der Waals surface area contributed by atoms with E-state index in [9.17, 15) is 13.7 Å². The average Bonchev–Trinajstić information content (AvgIpc) is 2.79. The number of rotatable bonds is 5. The molecule has 0 saturated carbocycles. The molecule has 148 valence electrons. The van der Waals surface area contributed by atoms with Crippen LogP contribution in [0, 0.1) is 11.3 Å². The number of fused-ring (bicyclic) bond motifs is 1. The Labute approximate surface area is 173 Å². The number of nitrogens with zero attached hydrogens (tertiary/aromatic N) is 5. The summed E-state index contributed by atoms with van der Waals surface area (Å²) in [6.07, 6.45) is 5.95. The van der Waals surface area contributed by atoms with Crippen LogP contribution in [0.4, 0.5) is 11.5 Å². The second-order valence-electron chi connectivity index (χ2n) is 6.22. The second-order valence-corrected chi connectivity index (χ2v) is 8.01. The smallest absolute Gasteiger partial charge is 0.270 e. The van der Waals surface area contributed by atoms with E-state index in [4.69, 9.17) is 4.74 Å². The minimum Gasteiger partial charge on any atom is -0.495 e. The lowest BCUT2D eigenvalue weighted by Crippen LogP contribution is -2.27. The van der Waals surface area contributed by atoms with E-state index in [1.165, 1.54) is 37.8 Å². The standard InChI is InChI=1S/C21H15N5O3S/c1-29-20-5-2-15(12-22)10-19(20)26(21-7-9-24-14-25-21)30(27,28)18-4-3-17-13-23-8-6-16(17)11-18/h2-11,13-14H,1H3. The van der Waals surface area contributed by atoms with Crippen molar-refractivity contribution in [2.45, 2.75) is 4.90 Å². The summed E-state index contributed by atoms with van der Waals surface area (Å²) in [5.41, 5.74) is 0.453. The summed E-state index contributed by atoms with van der Waals surface area (Å²) >= 11 is 0. The number of nitriles is 1. The molecule has 0 spiro atoms. The van der Waals surface area contributed by atoms with E-state index in [-0.39, 0.29) is 27.7 Å². The van der Waals surface area contributed by atoms with Crippen molar-refractivity contribution in [2.75, 3.05) is 11.4 Å². The molecular formula is C21H15N5O3S. The van der Waals surface area contributed by atoms with Gasteiger partial charge in [-0.05, 0) is 41.8 Å². The van der Waals surface area contributed by atoms with E-state index in [0.717, 1.165) is 15.1 Å². The molecule has 0 aliphatic heterocycles. The van der Waals surface area contributed by atoms with Gasteiger partial charge in [0, 0.05) is 30.0 Å². The molecule has 2 aromatic heterocycles. The molecule has 4 rings (SSSR count). The number of hydrogen-bond donors (Lipinski definition) is 0. The molecule has 0 unspecified atom stereocenters. The molecule has 0 fully saturated rings. The minimum atomic E-state index is -4.12. The summed E-state index contributed by atoms with van der Waals surface area (Å²) in [6, 6.07) is 14.5. The zero-order valence-electron chi connectivity index (χ0n) is 15.8. The first-order valence-corrected chi connectivity index (χ1v) is 10.2. The molecule has 30 heavy (non-hydrogen) atoms. The van der Waals surface area contributed by atoms with Crippen molar-refractivity contribution in [1.29, 1.82) is 5.26 Å². The van der Waals surface area contributed by atoms with Gasteiger partial charge in [-0.2, -0.15) is 5.26 Å². The highest BCUT2D eigenvalue weighted by atomic mass is 32.2. The fraction of sp³-hybridized carbons (Fsp3) is 0.0476. The predicted octanol–water partition coefficient (Wildman–Crippen LogP) is 3.43. The zero-order valence-corrected chi connectivity index (χ0v) is 16.6. The molecule has 0 radical (unpaired) electrons. The van der Waals surface area contributed by atoms with Crippen molar-refractivity contribution in [3.05, 3.63) is 79.0 Å². The predicted molar refractivity (Wildman–Crippen MR) is 111 cm³/mol. The molecule has 0 bridgehead atoms. The van der Waals surface area contributed by atoms with Gasteiger partial charge in [0.05, 0.1) is 23.6 Å². The minimum absolute atomic E-state index is 0.0595. The third-order valence-electron chi connectivity index (χ3n) is 4.45. The Morgan fingerprint density at radius 3 is 2.57 bits per heavy atom. The molecule has 0 amide bonds. The van der Waals surface area contributed by atoms with Crippen LogP contribution in [0.25, 0.3) is 10.8 Å². The van der Waals surface area contributed by atoms with E-state index in [1.807, 2.05) is 6.07 Å². The monoisotopic (exact) mass is 417 g/mol. The van der Waals surface area contributed by atoms with E-state index in [0.29, 0.717) is 0 Å². The fourth-order valence-corrected chi connectivity index (χ4v) is 4.51. The van der Waals surface area contributed by atoms with Crippen LogP contribution in [0.1, 0.15) is 5.56 Å². The first kappa shape index (κ1) is 19.3. The van der Waals surface area contributed by atoms with Crippen molar-refractivity contribution >= 4 is 32.3 Å². The third kappa shape index (κ3) is 3.40. The van der Waals surface area contributed by atoms with Gasteiger partial charge in [-0.15, -0.1) is 0 Å². The summed E-state index contributed by atoms with van der Waals surface area (Å²) in [5.74, 6) is 0.398. The first-order chi connectivity index (χ1) is 14.5. The Morgan fingerprint density at radius 1 is 1.00 bits per heavy atom. The summed E-state index contributed by atoms with van der Waals surface area (Å²) < 4.78 is 33.9. The third-order valence-corrected chi connectivity index (χ3v) is 6.17. The number of anilines is 2. The van der Waals surface area contributed by atoms with Gasteiger partial charge in [-0.1, -0.05) is 6.07 Å². The van der Waals surface area contributed by atoms with E-state index in [2.05, 4.69) is 15.0 Å². The molecule has 0 atom stereocenters. The fourth-order valence-electron chi connectivity index (χ4n) is 3.03. The Bertz CT molecular complexity index is 1370. The van der Waals surface area contributed by atoms with E-state index >= 15 is 0 Å². The highest BCUT2D eigenvalue weighted by Gasteiger charge is 2.30. The van der Waals surface area contributed by atoms with Crippen LogP contribution in [0.3, 0.4) is 0 Å². The van der Waals surface area contributed by atoms with Gasteiger partial charge in [-0.25, -0.2) is 22.7 Å². The van der Waals surface area contributed by atoms with Gasteiger partial charge < -0.3 is 4.74 Å². The lowest BCUT2D eigenvalue weighted by molar-refractivity contribution is 0.416. The molecule has 2 aromatic carbocycles. The maximum Gasteiger partial charge on any atom is 0.270 e. The Balaban J connectivity index is 1.98. The number of ether oxygens (including phenoxy) is 1. The maximum absolute atomic E-state index is 13.8. The van der Waals surface area contributed by atoms with Crippen molar-refractivity contribution in [1.82, 2.24) is 15.0 Å². The summed E-state index contributed by atoms with van der Waals surface area (Å²) in [6.45, 7) is 0. The Kier molecular flexibility index (Phi) is 5.00. The van der Waals surface area contributed by atoms with Crippen LogP contribution in [-0.2, 0) is 10.0 Å². The number of hydrogen-bond acceptors (Lipinski definition) is 7. The molecule has 0 N–H and O–H groups in total. The first-order valence-electron chi connectivity index (χ1n) is 8.78. The quantitative estimate of drug-likeness (QED) is 0.489. The van der Waals surface area contributed by atoms with Crippen molar-refractivity contribution in [3.8, 4) is 11.8 Å². The molecule has 0 saturated heterocycles. The van der Waals surface area contributed by atoms with Crippen molar-refractivity contribution in [3.63, 3.8) is 0 Å². The van der Waals surface area contributed by atoms with Crippen LogP contribution < -0.4 is 9.04 Å². The Hall–Kier alpha value is -4.03. The lowest BCUT2D eigenvalue weighted by Gasteiger charge is -2.25. The molecular weight excluding hydrogens is 402 g/mol. The van der Waals surface area contributed by atoms with Crippen LogP contribution >= 0.6 is 0 Å². The van der Waals surface area contributed by atoms with Crippen LogP contribution in [0.2, 0.25) is 0 Å². The lowest BCUT2D eigenvalue weighted by atomic mass is 10.2. The van der Waals surface area contributed by atoms with Crippen molar-refractivity contribution < 1.29 is 13.2 Å². The maximum atomic E-state index is 13.8. The number of methoxy groups -OCH3 is 1. The molecule has 0 aliphatic rings. The number of pyridine rings is 1. The summed E-state index contributed by atoms with van der Waals surface area (Å²) in [4.78, 5) is 12.1. The highest BCUT2D eigenvalue weighted by Crippen LogP contribution is 2.38. The van der Waals surface area contributed by atoms with E-state index in [1.54, 1.807) is 42.7 Å². The topological polar surface area (TPSA) is 109 Å². The van der Waals surface area contributed by atoms with Gasteiger partial charge >= 0.3 is 0 Å². The Morgan fingerprint density at radius 2 is 1.83 bits per heavy atom. The molecule has 0 aliphatic carbocycles. The summed E-state index contributed by atoms with van der Waals surface area (Å²) in [5, 5.41) is 10.9. The molecule has 2 heterocycles. The largest absolute Gasteiger partial charge is 0.495 e. The van der Waals surface area contributed by atoms with Gasteiger partial charge in [0.25, 0.3) is 10.0 Å². The van der Waals surface area contributed by atoms with E-state index < -0.39 is 10.0 Å². The number of sulfonamides is 1. The molecule has 8 nitrogen and oxygen atoms in total. The summed E-state index contributed by atoms with van der Waals surface area (Å²) in [7, 11) is -2.69. The average molecular weight is 417 g/mol. The number of aromatic nitrogens is 3.